The molecule has 0 heterocycles. The average molecular weight is 215 g/mol. The van der Waals surface area contributed by atoms with E-state index in [1.165, 1.54) is 32.1 Å². The van der Waals surface area contributed by atoms with Gasteiger partial charge < -0.3 is 5.32 Å². The van der Waals surface area contributed by atoms with Gasteiger partial charge in [0, 0.05) is 11.9 Å². The van der Waals surface area contributed by atoms with Gasteiger partial charge in [0.15, 0.2) is 0 Å². The Balaban J connectivity index is 2.08. The van der Waals surface area contributed by atoms with Gasteiger partial charge >= 0.3 is 0 Å². The highest BCUT2D eigenvalue weighted by atomic mass is 32.2. The molecule has 0 aliphatic heterocycles. The van der Waals surface area contributed by atoms with E-state index in [-0.39, 0.29) is 0 Å². The van der Waals surface area contributed by atoms with E-state index in [1.807, 2.05) is 11.8 Å². The number of rotatable bonds is 8. The summed E-state index contributed by atoms with van der Waals surface area (Å²) in [5.41, 5.74) is 0. The van der Waals surface area contributed by atoms with Crippen LogP contribution in [-0.2, 0) is 0 Å². The van der Waals surface area contributed by atoms with Crippen LogP contribution in [0.4, 0.5) is 0 Å². The van der Waals surface area contributed by atoms with Crippen molar-refractivity contribution in [2.45, 2.75) is 52.0 Å². The molecule has 0 aromatic carbocycles. The second-order valence-corrected chi connectivity index (χ2v) is 5.77. The lowest BCUT2D eigenvalue weighted by Gasteiger charge is -2.18. The van der Waals surface area contributed by atoms with Gasteiger partial charge in [0.05, 0.1) is 0 Å². The molecule has 0 bridgehead atoms. The zero-order valence-electron chi connectivity index (χ0n) is 9.88. The van der Waals surface area contributed by atoms with Gasteiger partial charge in [-0.2, -0.15) is 0 Å². The number of thioether (sulfide) groups is 1. The first-order valence-electron chi connectivity index (χ1n) is 5.96. The van der Waals surface area contributed by atoms with E-state index in [0.717, 1.165) is 23.8 Å². The van der Waals surface area contributed by atoms with E-state index in [0.29, 0.717) is 0 Å². The van der Waals surface area contributed by atoms with Crippen molar-refractivity contribution in [3.63, 3.8) is 0 Å². The Hall–Kier alpha value is 0.310. The summed E-state index contributed by atoms with van der Waals surface area (Å²) in [6.07, 6.45) is 9.29. The first-order chi connectivity index (χ1) is 6.74. The minimum Gasteiger partial charge on any atom is -0.305 e. The first-order valence-corrected chi connectivity index (χ1v) is 7.35. The predicted molar refractivity (Wildman–Crippen MR) is 66.7 cm³/mol. The van der Waals surface area contributed by atoms with Gasteiger partial charge in [-0.25, -0.2) is 0 Å². The summed E-state index contributed by atoms with van der Waals surface area (Å²) in [6, 6.07) is 0.821. The zero-order chi connectivity index (χ0) is 10.4. The first kappa shape index (κ1) is 12.4. The third-order valence-electron chi connectivity index (χ3n) is 2.98. The number of hydrogen-bond donors (Lipinski definition) is 1. The van der Waals surface area contributed by atoms with E-state index >= 15 is 0 Å². The van der Waals surface area contributed by atoms with Crippen molar-refractivity contribution in [3.05, 3.63) is 0 Å². The van der Waals surface area contributed by atoms with Crippen LogP contribution in [0.15, 0.2) is 0 Å². The van der Waals surface area contributed by atoms with Crippen LogP contribution in [0, 0.1) is 11.8 Å². The standard InChI is InChI=1S/C12H25NS/c1-10(2)5-4-6-12(11-7-8-11)13-9-14-3/h10-13H,4-9H2,1-3H3. The van der Waals surface area contributed by atoms with Crippen LogP contribution < -0.4 is 5.32 Å². The Kier molecular flexibility index (Phi) is 5.95. The molecule has 1 rings (SSSR count). The Bertz CT molecular complexity index is 143. The molecule has 1 fully saturated rings. The molecule has 2 heteroatoms. The Morgan fingerprint density at radius 3 is 2.50 bits per heavy atom. The molecule has 0 spiro atoms. The second kappa shape index (κ2) is 6.73. The zero-order valence-corrected chi connectivity index (χ0v) is 10.7. The van der Waals surface area contributed by atoms with Gasteiger partial charge in [0.1, 0.15) is 0 Å². The quantitative estimate of drug-likeness (QED) is 0.622. The number of hydrogen-bond acceptors (Lipinski definition) is 2. The lowest BCUT2D eigenvalue weighted by atomic mass is 10.0. The van der Waals surface area contributed by atoms with Crippen LogP contribution in [0.1, 0.15) is 46.0 Å². The molecule has 0 radical (unpaired) electrons. The molecule has 1 aliphatic carbocycles. The SMILES string of the molecule is CSCNC(CCCC(C)C)C1CC1. The maximum absolute atomic E-state index is 3.67. The van der Waals surface area contributed by atoms with Gasteiger partial charge in [-0.15, -0.1) is 11.8 Å². The smallest absolute Gasteiger partial charge is 0.0417 e. The van der Waals surface area contributed by atoms with Crippen LogP contribution in [0.5, 0.6) is 0 Å². The van der Waals surface area contributed by atoms with Crippen LogP contribution in [0.25, 0.3) is 0 Å². The summed E-state index contributed by atoms with van der Waals surface area (Å²) in [4.78, 5) is 0. The molecule has 0 amide bonds. The Labute approximate surface area is 93.4 Å². The summed E-state index contributed by atoms with van der Waals surface area (Å²) in [5.74, 6) is 3.01. The maximum atomic E-state index is 3.67. The average Bonchev–Trinajstić information content (AvgIpc) is 2.93. The van der Waals surface area contributed by atoms with Crippen molar-refractivity contribution in [2.75, 3.05) is 12.1 Å². The Morgan fingerprint density at radius 2 is 2.00 bits per heavy atom. The molecular weight excluding hydrogens is 190 g/mol. The van der Waals surface area contributed by atoms with Crippen molar-refractivity contribution in [3.8, 4) is 0 Å². The molecule has 1 saturated carbocycles. The van der Waals surface area contributed by atoms with E-state index in [9.17, 15) is 0 Å². The highest BCUT2D eigenvalue weighted by Gasteiger charge is 2.30. The van der Waals surface area contributed by atoms with Crippen LogP contribution in [-0.4, -0.2) is 18.2 Å². The molecule has 84 valence electrons. The fraction of sp³-hybridized carbons (Fsp3) is 1.00. The Morgan fingerprint density at radius 1 is 1.29 bits per heavy atom. The maximum Gasteiger partial charge on any atom is 0.0417 e. The predicted octanol–water partition coefficient (Wildman–Crippen LogP) is 3.50. The van der Waals surface area contributed by atoms with E-state index in [1.54, 1.807) is 0 Å². The van der Waals surface area contributed by atoms with Gasteiger partial charge in [-0.3, -0.25) is 0 Å². The number of nitrogens with one attached hydrogen (secondary N) is 1. The molecule has 1 nitrogen and oxygen atoms in total. The summed E-state index contributed by atoms with van der Waals surface area (Å²) < 4.78 is 0. The fourth-order valence-electron chi connectivity index (χ4n) is 1.94. The highest BCUT2D eigenvalue weighted by molar-refractivity contribution is 7.98. The molecule has 0 saturated heterocycles. The van der Waals surface area contributed by atoms with Gasteiger partial charge in [0.25, 0.3) is 0 Å². The molecule has 14 heavy (non-hydrogen) atoms. The summed E-state index contributed by atoms with van der Waals surface area (Å²) in [7, 11) is 0. The van der Waals surface area contributed by atoms with Gasteiger partial charge in [-0.1, -0.05) is 26.7 Å². The van der Waals surface area contributed by atoms with Gasteiger partial charge in [0.2, 0.25) is 0 Å². The van der Waals surface area contributed by atoms with Crippen LogP contribution in [0.2, 0.25) is 0 Å². The normalized spacial score (nSPS) is 18.9. The molecule has 1 unspecified atom stereocenters. The monoisotopic (exact) mass is 215 g/mol. The van der Waals surface area contributed by atoms with Crippen molar-refractivity contribution in [2.24, 2.45) is 11.8 Å². The van der Waals surface area contributed by atoms with Crippen LogP contribution in [0.3, 0.4) is 0 Å². The molecule has 1 atom stereocenters. The van der Waals surface area contributed by atoms with E-state index in [2.05, 4.69) is 25.4 Å². The van der Waals surface area contributed by atoms with E-state index in [4.69, 9.17) is 0 Å². The third-order valence-corrected chi connectivity index (χ3v) is 3.43. The third kappa shape index (κ3) is 5.26. The van der Waals surface area contributed by atoms with Crippen LogP contribution >= 0.6 is 11.8 Å². The van der Waals surface area contributed by atoms with Crippen molar-refractivity contribution in [1.82, 2.24) is 5.32 Å². The molecule has 0 aromatic heterocycles. The van der Waals surface area contributed by atoms with Crippen molar-refractivity contribution >= 4 is 11.8 Å². The van der Waals surface area contributed by atoms with Crippen molar-refractivity contribution < 1.29 is 0 Å². The fourth-order valence-corrected chi connectivity index (χ4v) is 2.32. The largest absolute Gasteiger partial charge is 0.305 e. The summed E-state index contributed by atoms with van der Waals surface area (Å²) in [6.45, 7) is 4.64. The lowest BCUT2D eigenvalue weighted by Crippen LogP contribution is -2.30. The molecular formula is C12H25NS. The van der Waals surface area contributed by atoms with Gasteiger partial charge in [-0.05, 0) is 37.4 Å². The summed E-state index contributed by atoms with van der Waals surface area (Å²) in [5, 5.41) is 3.67. The molecule has 0 aromatic rings. The minimum atomic E-state index is 0.821. The lowest BCUT2D eigenvalue weighted by molar-refractivity contribution is 0.423. The summed E-state index contributed by atoms with van der Waals surface area (Å²) >= 11 is 1.90. The highest BCUT2D eigenvalue weighted by Crippen LogP contribution is 2.35. The van der Waals surface area contributed by atoms with Crippen molar-refractivity contribution in [1.29, 1.82) is 0 Å². The van der Waals surface area contributed by atoms with E-state index < -0.39 is 0 Å². The minimum absolute atomic E-state index is 0.821. The second-order valence-electron chi connectivity index (χ2n) is 4.91. The molecule has 1 aliphatic rings. The topological polar surface area (TPSA) is 12.0 Å². The molecule has 1 N–H and O–H groups in total.